The number of hydrogen-bond acceptors (Lipinski definition) is 6. The number of carboxylic acid groups (broad SMARTS) is 2. The van der Waals surface area contributed by atoms with Crippen molar-refractivity contribution in [3.05, 3.63) is 0 Å². The summed E-state index contributed by atoms with van der Waals surface area (Å²) in [6.07, 6.45) is 35.3. The first-order chi connectivity index (χ1) is 20.5. The Morgan fingerprint density at radius 1 is 0.419 bits per heavy atom. The number of unbranched alkanes of at least 4 members (excludes halogenated alkanes) is 24. The van der Waals surface area contributed by atoms with E-state index in [2.05, 4.69) is 13.8 Å². The fourth-order valence-corrected chi connectivity index (χ4v) is 5.87. The van der Waals surface area contributed by atoms with Gasteiger partial charge in [-0.05, 0) is 12.8 Å². The maximum Gasteiger partial charge on any atom is 2.00 e. The van der Waals surface area contributed by atoms with E-state index in [1.165, 1.54) is 154 Å². The molecule has 4 atom stereocenters. The van der Waals surface area contributed by atoms with Crippen LogP contribution >= 0.6 is 0 Å². The molecule has 0 aromatic rings. The van der Waals surface area contributed by atoms with Crippen molar-refractivity contribution in [1.82, 2.24) is 0 Å². The minimum Gasteiger partial charge on any atom is -0.547 e. The Morgan fingerprint density at radius 2 is 0.628 bits per heavy atom. The molecule has 0 spiro atoms. The van der Waals surface area contributed by atoms with E-state index >= 15 is 0 Å². The topological polar surface area (TPSA) is 105 Å². The first-order valence-electron chi connectivity index (χ1n) is 18.2. The zero-order valence-corrected chi connectivity index (χ0v) is 30.5. The quantitative estimate of drug-likeness (QED) is 0.0458. The number of hydrogen-bond donors (Lipinski definition) is 0. The Bertz CT molecular complexity index is 591. The molecule has 0 N–H and O–H groups in total. The number of aliphatic carboxylic acids is 2. The minimum atomic E-state index is -1.05. The summed E-state index contributed by atoms with van der Waals surface area (Å²) in [6.45, 7) is 4.53. The molecule has 2 rings (SSSR count). The Morgan fingerprint density at radius 3 is 0.814 bits per heavy atom. The van der Waals surface area contributed by atoms with Crippen LogP contribution in [0.3, 0.4) is 0 Å². The van der Waals surface area contributed by atoms with E-state index in [4.69, 9.17) is 9.47 Å². The van der Waals surface area contributed by atoms with Crippen LogP contribution in [0.2, 0.25) is 0 Å². The maximum atomic E-state index is 10.5. The molecule has 2 heterocycles. The first kappa shape index (κ1) is 43.1. The Balaban J connectivity index is 0.000000802. The van der Waals surface area contributed by atoms with Crippen LogP contribution in [-0.4, -0.2) is 74.1 Å². The molecule has 43 heavy (non-hydrogen) atoms. The van der Waals surface area contributed by atoms with Gasteiger partial charge in [0.15, 0.2) is 0 Å². The second kappa shape index (κ2) is 30.8. The molecule has 7 heteroatoms. The van der Waals surface area contributed by atoms with E-state index in [0.29, 0.717) is 0 Å². The van der Waals surface area contributed by atoms with Gasteiger partial charge < -0.3 is 29.3 Å². The third kappa shape index (κ3) is 27.0. The standard InChI is InChI=1S/2C18H34O3.Ca/c2*1-2-3-4-5-6-7-8-9-10-11-12-13-14-15-16-17(21-16)18(19)20;/h2*16-17H,2-15H2,1H3,(H,19,20);/q;;+2/p-2. The van der Waals surface area contributed by atoms with Crippen LogP contribution in [0.1, 0.15) is 194 Å². The Hall–Kier alpha value is 0.120. The van der Waals surface area contributed by atoms with Gasteiger partial charge in [0, 0.05) is 0 Å². The minimum absolute atomic E-state index is 0. The van der Waals surface area contributed by atoms with Crippen molar-refractivity contribution in [3.8, 4) is 0 Å². The monoisotopic (exact) mass is 634 g/mol. The fourth-order valence-electron chi connectivity index (χ4n) is 5.87. The molecule has 2 aliphatic rings. The molecule has 4 unspecified atom stereocenters. The second-order valence-corrected chi connectivity index (χ2v) is 12.9. The van der Waals surface area contributed by atoms with Gasteiger partial charge in [0.05, 0.1) is 24.1 Å². The SMILES string of the molecule is CCCCCCCCCCCCCCCC1OC1C(=O)[O-].CCCCCCCCCCCCCCCC1OC1C(=O)[O-].[Ca+2]. The van der Waals surface area contributed by atoms with E-state index in [0.717, 1.165) is 25.7 Å². The summed E-state index contributed by atoms with van der Waals surface area (Å²) in [4.78, 5) is 20.9. The molecule has 2 aliphatic heterocycles. The third-order valence-corrected chi connectivity index (χ3v) is 8.81. The molecular weight excluding hydrogens is 568 g/mol. The summed E-state index contributed by atoms with van der Waals surface area (Å²) in [5, 5.41) is 20.9. The second-order valence-electron chi connectivity index (χ2n) is 12.9. The fraction of sp³-hybridized carbons (Fsp3) is 0.944. The van der Waals surface area contributed by atoms with Crippen LogP contribution < -0.4 is 10.2 Å². The molecule has 0 aromatic carbocycles. The van der Waals surface area contributed by atoms with E-state index in [-0.39, 0.29) is 49.9 Å². The van der Waals surface area contributed by atoms with Crippen molar-refractivity contribution >= 4 is 49.7 Å². The Labute approximate surface area is 295 Å². The number of rotatable bonds is 30. The molecule has 0 aliphatic carbocycles. The molecular formula is C36H66CaO6. The Kier molecular flexibility index (Phi) is 30.8. The zero-order chi connectivity index (χ0) is 30.7. The van der Waals surface area contributed by atoms with Crippen LogP contribution in [0.5, 0.6) is 0 Å². The van der Waals surface area contributed by atoms with Gasteiger partial charge >= 0.3 is 37.7 Å². The average molecular weight is 635 g/mol. The smallest absolute Gasteiger partial charge is 0.547 e. The van der Waals surface area contributed by atoms with Crippen LogP contribution in [0.4, 0.5) is 0 Å². The van der Waals surface area contributed by atoms with Crippen LogP contribution in [-0.2, 0) is 19.1 Å². The summed E-state index contributed by atoms with van der Waals surface area (Å²) < 4.78 is 10.0. The summed E-state index contributed by atoms with van der Waals surface area (Å²) in [7, 11) is 0. The number of carbonyl (C=O) groups is 2. The van der Waals surface area contributed by atoms with E-state index < -0.39 is 24.1 Å². The molecule has 0 aromatic heterocycles. The van der Waals surface area contributed by atoms with Gasteiger partial charge in [0.2, 0.25) is 0 Å². The maximum absolute atomic E-state index is 10.5. The molecule has 0 radical (unpaired) electrons. The van der Waals surface area contributed by atoms with Gasteiger partial charge in [0.25, 0.3) is 0 Å². The molecule has 2 saturated heterocycles. The van der Waals surface area contributed by atoms with Crippen molar-refractivity contribution in [2.24, 2.45) is 0 Å². The summed E-state index contributed by atoms with van der Waals surface area (Å²) in [5.74, 6) is -2.09. The van der Waals surface area contributed by atoms with Gasteiger partial charge in [-0.1, -0.05) is 181 Å². The van der Waals surface area contributed by atoms with Crippen LogP contribution in [0.25, 0.3) is 0 Å². The summed E-state index contributed by atoms with van der Waals surface area (Å²) in [5.41, 5.74) is 0. The van der Waals surface area contributed by atoms with Crippen LogP contribution in [0.15, 0.2) is 0 Å². The van der Waals surface area contributed by atoms with Gasteiger partial charge in [0.1, 0.15) is 12.2 Å². The normalized spacial score (nSPS) is 20.1. The number of ether oxygens (including phenoxy) is 2. The van der Waals surface area contributed by atoms with Crippen molar-refractivity contribution in [1.29, 1.82) is 0 Å². The molecule has 2 fully saturated rings. The molecule has 248 valence electrons. The average Bonchev–Trinajstić information content (AvgIpc) is 3.90. The van der Waals surface area contributed by atoms with Crippen molar-refractivity contribution in [2.75, 3.05) is 0 Å². The van der Waals surface area contributed by atoms with Gasteiger partial charge in [-0.15, -0.1) is 0 Å². The molecule has 0 bridgehead atoms. The molecule has 6 nitrogen and oxygen atoms in total. The third-order valence-electron chi connectivity index (χ3n) is 8.81. The van der Waals surface area contributed by atoms with Gasteiger partial charge in [-0.3, -0.25) is 0 Å². The van der Waals surface area contributed by atoms with Gasteiger partial charge in [-0.25, -0.2) is 0 Å². The zero-order valence-electron chi connectivity index (χ0n) is 28.3. The number of epoxide rings is 2. The molecule has 0 saturated carbocycles. The number of carbonyl (C=O) groups excluding carboxylic acids is 2. The van der Waals surface area contributed by atoms with Gasteiger partial charge in [-0.2, -0.15) is 0 Å². The summed E-state index contributed by atoms with van der Waals surface area (Å²) in [6, 6.07) is 0. The molecule has 0 amide bonds. The number of carboxylic acids is 2. The predicted octanol–water partition coefficient (Wildman–Crippen LogP) is 7.59. The van der Waals surface area contributed by atoms with Crippen molar-refractivity contribution < 1.29 is 29.3 Å². The van der Waals surface area contributed by atoms with E-state index in [9.17, 15) is 19.8 Å². The van der Waals surface area contributed by atoms with Crippen LogP contribution in [0, 0.1) is 0 Å². The first-order valence-corrected chi connectivity index (χ1v) is 18.2. The van der Waals surface area contributed by atoms with E-state index in [1.54, 1.807) is 0 Å². The summed E-state index contributed by atoms with van der Waals surface area (Å²) >= 11 is 0. The largest absolute Gasteiger partial charge is 2.00 e. The van der Waals surface area contributed by atoms with E-state index in [1.807, 2.05) is 0 Å². The van der Waals surface area contributed by atoms with Crippen molar-refractivity contribution in [2.45, 2.75) is 218 Å². The predicted molar refractivity (Wildman–Crippen MR) is 174 cm³/mol. The van der Waals surface area contributed by atoms with Crippen molar-refractivity contribution in [3.63, 3.8) is 0 Å².